The second-order valence-corrected chi connectivity index (χ2v) is 5.32. The van der Waals surface area contributed by atoms with Crippen molar-refractivity contribution < 1.29 is 9.53 Å². The lowest BCUT2D eigenvalue weighted by Crippen LogP contribution is -2.55. The van der Waals surface area contributed by atoms with Crippen LogP contribution in [-0.2, 0) is 9.53 Å². The predicted octanol–water partition coefficient (Wildman–Crippen LogP) is 2.75. The number of para-hydroxylation sites is 2. The van der Waals surface area contributed by atoms with Crippen LogP contribution in [0.2, 0.25) is 0 Å². The minimum Gasteiger partial charge on any atom is -0.441 e. The van der Waals surface area contributed by atoms with Crippen LogP contribution >= 0.6 is 0 Å². The van der Waals surface area contributed by atoms with Crippen molar-refractivity contribution in [3.8, 4) is 0 Å². The molecular weight excluding hydrogens is 240 g/mol. The molecule has 1 aromatic rings. The molecule has 0 unspecified atom stereocenters. The van der Waals surface area contributed by atoms with Gasteiger partial charge in [-0.1, -0.05) is 18.6 Å². The van der Waals surface area contributed by atoms with Crippen molar-refractivity contribution in [3.63, 3.8) is 0 Å². The highest BCUT2D eigenvalue weighted by Crippen LogP contribution is 2.41. The molecule has 0 amide bonds. The molecular formula is C15H20N2O2. The normalized spacial score (nSPS) is 21.2. The Morgan fingerprint density at radius 1 is 1.21 bits per heavy atom. The number of hydrogen-bond donors (Lipinski definition) is 1. The van der Waals surface area contributed by atoms with E-state index in [-0.39, 0.29) is 0 Å². The number of fused-ring (bicyclic) bond motifs is 1. The molecule has 1 saturated carbocycles. The first-order valence-electron chi connectivity index (χ1n) is 7.08. The minimum atomic E-state index is -0.432. The van der Waals surface area contributed by atoms with Crippen molar-refractivity contribution in [2.75, 3.05) is 23.3 Å². The van der Waals surface area contributed by atoms with Gasteiger partial charge in [0.15, 0.2) is 5.72 Å². The van der Waals surface area contributed by atoms with E-state index in [1.165, 1.54) is 6.42 Å². The topological polar surface area (TPSA) is 41.6 Å². The zero-order chi connectivity index (χ0) is 13.1. The zero-order valence-electron chi connectivity index (χ0n) is 11.1. The van der Waals surface area contributed by atoms with Gasteiger partial charge in [0.25, 0.3) is 6.47 Å². The molecule has 4 nitrogen and oxygen atoms in total. The summed E-state index contributed by atoms with van der Waals surface area (Å²) in [5.41, 5.74) is 1.85. The molecule has 1 aromatic carbocycles. The molecule has 1 aliphatic carbocycles. The molecule has 1 fully saturated rings. The Morgan fingerprint density at radius 3 is 2.79 bits per heavy atom. The number of carbonyl (C=O) groups excluding carboxylic acids is 1. The summed E-state index contributed by atoms with van der Waals surface area (Å²) in [7, 11) is 0. The largest absolute Gasteiger partial charge is 0.441 e. The van der Waals surface area contributed by atoms with Crippen molar-refractivity contribution in [2.24, 2.45) is 0 Å². The molecule has 1 aliphatic heterocycles. The van der Waals surface area contributed by atoms with Gasteiger partial charge in [-0.3, -0.25) is 4.79 Å². The third-order valence-corrected chi connectivity index (χ3v) is 4.24. The van der Waals surface area contributed by atoms with Crippen LogP contribution in [0.5, 0.6) is 0 Å². The Labute approximate surface area is 113 Å². The monoisotopic (exact) mass is 260 g/mol. The van der Waals surface area contributed by atoms with E-state index in [9.17, 15) is 4.79 Å². The van der Waals surface area contributed by atoms with Crippen molar-refractivity contribution in [3.05, 3.63) is 24.3 Å². The van der Waals surface area contributed by atoms with Crippen molar-refractivity contribution in [1.82, 2.24) is 0 Å². The fourth-order valence-electron chi connectivity index (χ4n) is 3.35. The number of ether oxygens (including phenoxy) is 1. The molecule has 0 saturated heterocycles. The van der Waals surface area contributed by atoms with Gasteiger partial charge in [-0.2, -0.15) is 0 Å². The van der Waals surface area contributed by atoms with Crippen LogP contribution in [0, 0.1) is 0 Å². The summed E-state index contributed by atoms with van der Waals surface area (Å²) in [6.07, 6.45) is 5.34. The number of rotatable bonds is 3. The maximum Gasteiger partial charge on any atom is 0.295 e. The minimum absolute atomic E-state index is 0.432. The Kier molecular flexibility index (Phi) is 3.32. The maximum atomic E-state index is 11.0. The fourth-order valence-corrected chi connectivity index (χ4v) is 3.35. The standard InChI is InChI=1S/C15H20N2O2/c18-12-19-15(8-4-1-5-9-15)17-11-10-16-13-6-2-3-7-14(13)17/h2-3,6-7,12,16H,1,4-5,8-11H2. The summed E-state index contributed by atoms with van der Waals surface area (Å²) >= 11 is 0. The highest BCUT2D eigenvalue weighted by atomic mass is 16.6. The highest BCUT2D eigenvalue weighted by Gasteiger charge is 2.41. The van der Waals surface area contributed by atoms with Gasteiger partial charge in [0, 0.05) is 25.9 Å². The van der Waals surface area contributed by atoms with E-state index >= 15 is 0 Å². The fraction of sp³-hybridized carbons (Fsp3) is 0.533. The highest BCUT2D eigenvalue weighted by molar-refractivity contribution is 5.73. The number of hydrogen-bond acceptors (Lipinski definition) is 4. The summed E-state index contributed by atoms with van der Waals surface area (Å²) in [5, 5.41) is 3.41. The van der Waals surface area contributed by atoms with Gasteiger partial charge in [0.05, 0.1) is 11.4 Å². The van der Waals surface area contributed by atoms with Gasteiger partial charge in [0.2, 0.25) is 0 Å². The van der Waals surface area contributed by atoms with Crippen molar-refractivity contribution in [2.45, 2.75) is 37.8 Å². The van der Waals surface area contributed by atoms with E-state index in [1.807, 2.05) is 12.1 Å². The molecule has 19 heavy (non-hydrogen) atoms. The predicted molar refractivity (Wildman–Crippen MR) is 75.2 cm³/mol. The number of nitrogens with zero attached hydrogens (tertiary/aromatic N) is 1. The SMILES string of the molecule is O=COC1(N2CCNc3ccccc32)CCCCC1. The number of benzene rings is 1. The van der Waals surface area contributed by atoms with E-state index in [4.69, 9.17) is 4.74 Å². The van der Waals surface area contributed by atoms with E-state index < -0.39 is 5.72 Å². The van der Waals surface area contributed by atoms with Gasteiger partial charge in [-0.25, -0.2) is 0 Å². The summed E-state index contributed by atoms with van der Waals surface area (Å²) in [6, 6.07) is 8.25. The average molecular weight is 260 g/mol. The first-order valence-corrected chi connectivity index (χ1v) is 7.08. The van der Waals surface area contributed by atoms with Gasteiger partial charge in [-0.05, 0) is 25.0 Å². The average Bonchev–Trinajstić information content (AvgIpc) is 2.48. The lowest BCUT2D eigenvalue weighted by molar-refractivity contribution is -0.147. The summed E-state index contributed by atoms with van der Waals surface area (Å²) in [4.78, 5) is 13.3. The van der Waals surface area contributed by atoms with Gasteiger partial charge in [-0.15, -0.1) is 0 Å². The van der Waals surface area contributed by atoms with Crippen molar-refractivity contribution in [1.29, 1.82) is 0 Å². The van der Waals surface area contributed by atoms with Gasteiger partial charge >= 0.3 is 0 Å². The van der Waals surface area contributed by atoms with Crippen molar-refractivity contribution >= 4 is 17.8 Å². The molecule has 1 N–H and O–H groups in total. The molecule has 1 heterocycles. The Morgan fingerprint density at radius 2 is 2.00 bits per heavy atom. The Balaban J connectivity index is 1.97. The summed E-state index contributed by atoms with van der Waals surface area (Å²) < 4.78 is 5.58. The van der Waals surface area contributed by atoms with Crippen LogP contribution in [0.15, 0.2) is 24.3 Å². The quantitative estimate of drug-likeness (QED) is 0.848. The Bertz CT molecular complexity index is 455. The first kappa shape index (κ1) is 12.3. The molecule has 0 bridgehead atoms. The number of nitrogens with one attached hydrogen (secondary N) is 1. The molecule has 3 rings (SSSR count). The van der Waals surface area contributed by atoms with Gasteiger partial charge < -0.3 is 15.0 Å². The molecule has 0 spiro atoms. The molecule has 4 heteroatoms. The van der Waals surface area contributed by atoms with Crippen LogP contribution < -0.4 is 10.2 Å². The Hall–Kier alpha value is -1.71. The summed E-state index contributed by atoms with van der Waals surface area (Å²) in [6.45, 7) is 2.39. The lowest BCUT2D eigenvalue weighted by atomic mass is 9.89. The first-order chi connectivity index (χ1) is 9.36. The molecule has 0 aromatic heterocycles. The third-order valence-electron chi connectivity index (χ3n) is 4.24. The number of carbonyl (C=O) groups is 1. The number of anilines is 2. The van der Waals surface area contributed by atoms with Crippen LogP contribution in [0.1, 0.15) is 32.1 Å². The van der Waals surface area contributed by atoms with E-state index in [0.29, 0.717) is 6.47 Å². The van der Waals surface area contributed by atoms with Crippen LogP contribution in [0.25, 0.3) is 0 Å². The summed E-state index contributed by atoms with van der Waals surface area (Å²) in [5.74, 6) is 0. The smallest absolute Gasteiger partial charge is 0.295 e. The lowest BCUT2D eigenvalue weighted by Gasteiger charge is -2.48. The van der Waals surface area contributed by atoms with E-state index in [2.05, 4.69) is 22.3 Å². The van der Waals surface area contributed by atoms with E-state index in [1.54, 1.807) is 0 Å². The molecule has 0 atom stereocenters. The third kappa shape index (κ3) is 2.15. The van der Waals surface area contributed by atoms with Crippen LogP contribution in [0.4, 0.5) is 11.4 Å². The molecule has 0 radical (unpaired) electrons. The second kappa shape index (κ2) is 5.11. The second-order valence-electron chi connectivity index (χ2n) is 5.32. The van der Waals surface area contributed by atoms with Crippen LogP contribution in [0.3, 0.4) is 0 Å². The van der Waals surface area contributed by atoms with Crippen LogP contribution in [-0.4, -0.2) is 25.3 Å². The molecule has 2 aliphatic rings. The zero-order valence-corrected chi connectivity index (χ0v) is 11.1. The maximum absolute atomic E-state index is 11.0. The molecule has 102 valence electrons. The van der Waals surface area contributed by atoms with E-state index in [0.717, 1.165) is 50.1 Å². The van der Waals surface area contributed by atoms with Gasteiger partial charge in [0.1, 0.15) is 0 Å².